The molecule has 0 fully saturated rings. The van der Waals surface area contributed by atoms with Crippen molar-refractivity contribution < 1.29 is 21.7 Å². The summed E-state index contributed by atoms with van der Waals surface area (Å²) in [5, 5.41) is 12.8. The number of hydrogen-bond donors (Lipinski definition) is 0. The van der Waals surface area contributed by atoms with E-state index in [1.807, 2.05) is 36.8 Å². The number of nitrogens with zero attached hydrogens (tertiary/aromatic N) is 3. The van der Waals surface area contributed by atoms with E-state index in [1.165, 1.54) is 11.8 Å². The molecular formula is C9H10BrN3S2. The molecule has 0 saturated heterocycles. The summed E-state index contributed by atoms with van der Waals surface area (Å²) in [6.07, 6.45) is 5.68. The Hall–Kier alpha value is -0.510. The van der Waals surface area contributed by atoms with Crippen molar-refractivity contribution >= 4 is 27.9 Å². The molecule has 0 aliphatic heterocycles. The van der Waals surface area contributed by atoms with Gasteiger partial charge in [0.15, 0.2) is 4.38 Å². The second kappa shape index (κ2) is 8.77. The standard InChI is InChI=1S/C9H10N3S2.BrH/c1-13-9(14-8-5-10)11-12-6-3-2-4-7-12;/h2-4,6-7H,8H2,1H3;1H/q+1;/p-1/b11-9+;. The van der Waals surface area contributed by atoms with Gasteiger partial charge in [-0.2, -0.15) is 5.26 Å². The maximum atomic E-state index is 8.43. The van der Waals surface area contributed by atoms with Crippen LogP contribution >= 0.6 is 23.5 Å². The third-order valence-corrected chi connectivity index (χ3v) is 3.22. The first-order valence-corrected chi connectivity index (χ1v) is 6.17. The SMILES string of the molecule is CS/C(=N\[n+]1ccccc1)SCC#N.[Br-]. The summed E-state index contributed by atoms with van der Waals surface area (Å²) in [5.41, 5.74) is 0. The first-order valence-electron chi connectivity index (χ1n) is 3.96. The smallest absolute Gasteiger partial charge is 0.202 e. The van der Waals surface area contributed by atoms with Crippen LogP contribution in [0.5, 0.6) is 0 Å². The van der Waals surface area contributed by atoms with E-state index in [1.54, 1.807) is 16.4 Å². The Labute approximate surface area is 108 Å². The van der Waals surface area contributed by atoms with Crippen LogP contribution in [0, 0.1) is 11.3 Å². The van der Waals surface area contributed by atoms with Crippen LogP contribution < -0.4 is 21.7 Å². The minimum Gasteiger partial charge on any atom is -1.00 e. The van der Waals surface area contributed by atoms with Gasteiger partial charge in [0.1, 0.15) is 0 Å². The molecule has 0 aliphatic rings. The number of halogens is 1. The minimum atomic E-state index is 0. The van der Waals surface area contributed by atoms with Gasteiger partial charge in [0.05, 0.1) is 11.8 Å². The van der Waals surface area contributed by atoms with Crippen LogP contribution in [0.4, 0.5) is 0 Å². The number of thioether (sulfide) groups is 2. The van der Waals surface area contributed by atoms with Crippen LogP contribution in [-0.2, 0) is 0 Å². The molecule has 0 saturated carbocycles. The summed E-state index contributed by atoms with van der Waals surface area (Å²) in [6, 6.07) is 7.84. The van der Waals surface area contributed by atoms with Crippen LogP contribution in [0.2, 0.25) is 0 Å². The molecule has 1 heterocycles. The topological polar surface area (TPSA) is 40.0 Å². The predicted octanol–water partition coefficient (Wildman–Crippen LogP) is -1.28. The molecule has 0 aromatic carbocycles. The summed E-state index contributed by atoms with van der Waals surface area (Å²) in [5.74, 6) is 0.438. The zero-order valence-electron chi connectivity index (χ0n) is 8.13. The van der Waals surface area contributed by atoms with E-state index in [9.17, 15) is 0 Å². The molecule has 0 unspecified atom stereocenters. The van der Waals surface area contributed by atoms with E-state index < -0.39 is 0 Å². The largest absolute Gasteiger partial charge is 1.00 e. The minimum absolute atomic E-state index is 0. The number of rotatable bonds is 2. The molecule has 15 heavy (non-hydrogen) atoms. The lowest BCUT2D eigenvalue weighted by Gasteiger charge is -1.93. The van der Waals surface area contributed by atoms with Crippen molar-refractivity contribution in [3.63, 3.8) is 0 Å². The Morgan fingerprint density at radius 3 is 2.60 bits per heavy atom. The second-order valence-electron chi connectivity index (χ2n) is 2.27. The normalized spacial score (nSPS) is 10.3. The van der Waals surface area contributed by atoms with E-state index in [-0.39, 0.29) is 17.0 Å². The molecule has 0 spiro atoms. The van der Waals surface area contributed by atoms with Gasteiger partial charge in [0.2, 0.25) is 12.4 Å². The Balaban J connectivity index is 0.00000196. The molecule has 1 rings (SSSR count). The van der Waals surface area contributed by atoms with Crippen LogP contribution in [0.3, 0.4) is 0 Å². The van der Waals surface area contributed by atoms with Crippen molar-refractivity contribution in [2.45, 2.75) is 0 Å². The maximum absolute atomic E-state index is 8.43. The zero-order chi connectivity index (χ0) is 10.2. The van der Waals surface area contributed by atoms with Crippen LogP contribution in [0.25, 0.3) is 0 Å². The highest BCUT2D eigenvalue weighted by atomic mass is 79.9. The summed E-state index contributed by atoms with van der Waals surface area (Å²) >= 11 is 2.99. The third-order valence-electron chi connectivity index (χ3n) is 1.33. The van der Waals surface area contributed by atoms with Gasteiger partial charge in [-0.15, -0.1) is 0 Å². The van der Waals surface area contributed by atoms with Gasteiger partial charge in [0, 0.05) is 17.2 Å². The van der Waals surface area contributed by atoms with Gasteiger partial charge in [0.25, 0.3) is 0 Å². The molecule has 6 heteroatoms. The first-order chi connectivity index (χ1) is 6.86. The average Bonchev–Trinajstić information content (AvgIpc) is 2.25. The van der Waals surface area contributed by atoms with Gasteiger partial charge >= 0.3 is 0 Å². The van der Waals surface area contributed by atoms with Crippen molar-refractivity contribution in [3.8, 4) is 6.07 Å². The fourth-order valence-corrected chi connectivity index (χ4v) is 1.94. The fraction of sp³-hybridized carbons (Fsp3) is 0.222. The number of pyridine rings is 1. The molecule has 1 aromatic rings. The highest BCUT2D eigenvalue weighted by Gasteiger charge is 2.02. The molecule has 1 aromatic heterocycles. The van der Waals surface area contributed by atoms with E-state index >= 15 is 0 Å². The maximum Gasteiger partial charge on any atom is 0.202 e. The van der Waals surface area contributed by atoms with Crippen LogP contribution in [0.1, 0.15) is 0 Å². The monoisotopic (exact) mass is 303 g/mol. The first kappa shape index (κ1) is 14.5. The molecule has 0 atom stereocenters. The lowest BCUT2D eigenvalue weighted by atomic mass is 10.5. The Morgan fingerprint density at radius 1 is 1.40 bits per heavy atom. The Morgan fingerprint density at radius 2 is 2.07 bits per heavy atom. The molecule has 0 N–H and O–H groups in total. The molecule has 3 nitrogen and oxygen atoms in total. The van der Waals surface area contributed by atoms with Crippen LogP contribution in [0.15, 0.2) is 35.7 Å². The molecule has 0 radical (unpaired) electrons. The predicted molar refractivity (Wildman–Crippen MR) is 61.1 cm³/mol. The summed E-state index contributed by atoms with van der Waals surface area (Å²) < 4.78 is 2.62. The highest BCUT2D eigenvalue weighted by molar-refractivity contribution is 8.38. The van der Waals surface area contributed by atoms with Gasteiger partial charge in [-0.3, -0.25) is 0 Å². The van der Waals surface area contributed by atoms with Crippen LogP contribution in [-0.4, -0.2) is 16.4 Å². The Bertz CT molecular complexity index is 348. The van der Waals surface area contributed by atoms with Gasteiger partial charge in [-0.25, -0.2) is 0 Å². The third kappa shape index (κ3) is 5.82. The number of aromatic nitrogens is 1. The van der Waals surface area contributed by atoms with Crippen molar-refractivity contribution in [1.29, 1.82) is 5.26 Å². The zero-order valence-corrected chi connectivity index (χ0v) is 11.3. The van der Waals surface area contributed by atoms with E-state index in [0.29, 0.717) is 5.75 Å². The average molecular weight is 304 g/mol. The van der Waals surface area contributed by atoms with E-state index in [2.05, 4.69) is 11.2 Å². The number of hydrogen-bond acceptors (Lipinski definition) is 4. The second-order valence-corrected chi connectivity index (χ2v) is 4.29. The van der Waals surface area contributed by atoms with Gasteiger partial charge in [-0.1, -0.05) is 34.3 Å². The van der Waals surface area contributed by atoms with Crippen molar-refractivity contribution in [2.24, 2.45) is 5.10 Å². The van der Waals surface area contributed by atoms with Gasteiger partial charge in [-0.05, 0) is 6.26 Å². The van der Waals surface area contributed by atoms with Crippen molar-refractivity contribution in [1.82, 2.24) is 0 Å². The summed E-state index contributed by atoms with van der Waals surface area (Å²) in [6.45, 7) is 0. The summed E-state index contributed by atoms with van der Waals surface area (Å²) in [7, 11) is 0. The van der Waals surface area contributed by atoms with Crippen molar-refractivity contribution in [2.75, 3.05) is 12.0 Å². The molecule has 80 valence electrons. The molecule has 0 aliphatic carbocycles. The lowest BCUT2D eigenvalue weighted by Crippen LogP contribution is -3.00. The highest BCUT2D eigenvalue weighted by Crippen LogP contribution is 2.12. The molecule has 0 bridgehead atoms. The number of nitriles is 1. The summed E-state index contributed by atoms with van der Waals surface area (Å²) in [4.78, 5) is 0. The quantitative estimate of drug-likeness (QED) is 0.388. The molecular weight excluding hydrogens is 294 g/mol. The van der Waals surface area contributed by atoms with E-state index in [0.717, 1.165) is 4.38 Å². The van der Waals surface area contributed by atoms with E-state index in [4.69, 9.17) is 5.26 Å². The fourth-order valence-electron chi connectivity index (χ4n) is 0.773. The molecule has 0 amide bonds. The lowest BCUT2D eigenvalue weighted by molar-refractivity contribution is -0.678. The Kier molecular flexibility index (Phi) is 8.47. The van der Waals surface area contributed by atoms with Crippen molar-refractivity contribution in [3.05, 3.63) is 30.6 Å². The van der Waals surface area contributed by atoms with Gasteiger partial charge < -0.3 is 17.0 Å².